The quantitative estimate of drug-likeness (QED) is 0.726. The predicted octanol–water partition coefficient (Wildman–Crippen LogP) is 1.74. The van der Waals surface area contributed by atoms with Crippen LogP contribution in [0.4, 0.5) is 5.69 Å². The fourth-order valence-electron chi connectivity index (χ4n) is 2.00. The molecule has 0 bridgehead atoms. The van der Waals surface area contributed by atoms with E-state index in [9.17, 15) is 5.11 Å². The van der Waals surface area contributed by atoms with E-state index in [0.29, 0.717) is 17.3 Å². The number of nitrogens with two attached hydrogens (primary N) is 1. The lowest BCUT2D eigenvalue weighted by molar-refractivity contribution is 0.209. The second kappa shape index (κ2) is 6.60. The van der Waals surface area contributed by atoms with Gasteiger partial charge < -0.3 is 16.2 Å². The van der Waals surface area contributed by atoms with Crippen LogP contribution in [0.1, 0.15) is 36.4 Å². The topological polar surface area (TPSA) is 82.1 Å². The number of benzene rings is 1. The monoisotopic (exact) mass is 267 g/mol. The molecule has 4 nitrogen and oxygen atoms in total. The molecule has 1 atom stereocenters. The highest BCUT2D eigenvalue weighted by Gasteiger charge is 2.21. The number of aliphatic hydroxyl groups is 1. The summed E-state index contributed by atoms with van der Waals surface area (Å²) in [6.07, 6.45) is 3.58. The SMILES string of the molecule is Cl.N#Cc1cc(C(CO)NC2CCC2)ccc1N. The second-order valence-corrected chi connectivity index (χ2v) is 4.49. The fourth-order valence-corrected chi connectivity index (χ4v) is 2.00. The predicted molar refractivity (Wildman–Crippen MR) is 73.4 cm³/mol. The van der Waals surface area contributed by atoms with Gasteiger partial charge in [0.1, 0.15) is 6.07 Å². The average molecular weight is 268 g/mol. The van der Waals surface area contributed by atoms with Crippen molar-refractivity contribution in [2.45, 2.75) is 31.3 Å². The molecular formula is C13H18ClN3O. The van der Waals surface area contributed by atoms with Crippen LogP contribution in [0.15, 0.2) is 18.2 Å². The maximum atomic E-state index is 9.40. The molecule has 5 heteroatoms. The summed E-state index contributed by atoms with van der Waals surface area (Å²) in [5, 5.41) is 21.7. The summed E-state index contributed by atoms with van der Waals surface area (Å²) in [6.45, 7) is 0.0330. The van der Waals surface area contributed by atoms with Crippen molar-refractivity contribution in [3.8, 4) is 6.07 Å². The molecule has 1 aliphatic rings. The lowest BCUT2D eigenvalue weighted by Gasteiger charge is -2.31. The molecule has 0 saturated heterocycles. The van der Waals surface area contributed by atoms with Gasteiger partial charge in [0.2, 0.25) is 0 Å². The molecule has 18 heavy (non-hydrogen) atoms. The highest BCUT2D eigenvalue weighted by Crippen LogP contribution is 2.24. The van der Waals surface area contributed by atoms with Crippen LogP contribution in [0.25, 0.3) is 0 Å². The summed E-state index contributed by atoms with van der Waals surface area (Å²) < 4.78 is 0. The number of nitriles is 1. The molecule has 0 heterocycles. The third kappa shape index (κ3) is 3.14. The van der Waals surface area contributed by atoms with E-state index < -0.39 is 0 Å². The molecule has 98 valence electrons. The minimum atomic E-state index is -0.104. The van der Waals surface area contributed by atoms with Gasteiger partial charge in [-0.15, -0.1) is 12.4 Å². The Hall–Kier alpha value is -1.28. The number of nitrogens with zero attached hydrogens (tertiary/aromatic N) is 1. The molecule has 4 N–H and O–H groups in total. The fraction of sp³-hybridized carbons (Fsp3) is 0.462. The van der Waals surface area contributed by atoms with Crippen molar-refractivity contribution in [2.75, 3.05) is 12.3 Å². The Morgan fingerprint density at radius 2 is 2.22 bits per heavy atom. The number of hydrogen-bond acceptors (Lipinski definition) is 4. The minimum absolute atomic E-state index is 0. The minimum Gasteiger partial charge on any atom is -0.398 e. The third-order valence-electron chi connectivity index (χ3n) is 3.32. The van der Waals surface area contributed by atoms with Crippen molar-refractivity contribution in [3.63, 3.8) is 0 Å². The molecule has 1 aromatic carbocycles. The zero-order valence-electron chi connectivity index (χ0n) is 10.1. The summed E-state index contributed by atoms with van der Waals surface area (Å²) in [6, 6.07) is 7.79. The van der Waals surface area contributed by atoms with Gasteiger partial charge in [-0.2, -0.15) is 5.26 Å². The van der Waals surface area contributed by atoms with Gasteiger partial charge in [-0.05, 0) is 30.5 Å². The number of halogens is 1. The lowest BCUT2D eigenvalue weighted by Crippen LogP contribution is -2.39. The molecule has 1 fully saturated rings. The summed E-state index contributed by atoms with van der Waals surface area (Å²) in [7, 11) is 0. The van der Waals surface area contributed by atoms with E-state index in [-0.39, 0.29) is 25.1 Å². The Bertz CT molecular complexity index is 440. The second-order valence-electron chi connectivity index (χ2n) is 4.49. The molecule has 0 amide bonds. The average Bonchev–Trinajstić information content (AvgIpc) is 2.29. The van der Waals surface area contributed by atoms with Crippen molar-refractivity contribution in [1.82, 2.24) is 5.32 Å². The van der Waals surface area contributed by atoms with Gasteiger partial charge >= 0.3 is 0 Å². The first kappa shape index (κ1) is 14.8. The van der Waals surface area contributed by atoms with Crippen LogP contribution in [0.3, 0.4) is 0 Å². The van der Waals surface area contributed by atoms with E-state index in [1.54, 1.807) is 12.1 Å². The summed E-state index contributed by atoms with van der Waals surface area (Å²) >= 11 is 0. The third-order valence-corrected chi connectivity index (χ3v) is 3.32. The summed E-state index contributed by atoms with van der Waals surface area (Å²) in [5.41, 5.74) is 7.55. The van der Waals surface area contributed by atoms with Crippen molar-refractivity contribution >= 4 is 18.1 Å². The van der Waals surface area contributed by atoms with Crippen molar-refractivity contribution in [2.24, 2.45) is 0 Å². The van der Waals surface area contributed by atoms with Gasteiger partial charge in [-0.3, -0.25) is 0 Å². The Balaban J connectivity index is 0.00000162. The Morgan fingerprint density at radius 3 is 2.72 bits per heavy atom. The normalized spacial score (nSPS) is 16.2. The number of anilines is 1. The standard InChI is InChI=1S/C13H17N3O.ClH/c14-7-10-6-9(4-5-12(10)15)13(8-17)16-11-2-1-3-11;/h4-6,11,13,16-17H,1-3,8,15H2;1H. The number of aliphatic hydroxyl groups excluding tert-OH is 1. The van der Waals surface area contributed by atoms with E-state index in [0.717, 1.165) is 18.4 Å². The summed E-state index contributed by atoms with van der Waals surface area (Å²) in [4.78, 5) is 0. The van der Waals surface area contributed by atoms with Crippen molar-refractivity contribution in [3.05, 3.63) is 29.3 Å². The van der Waals surface area contributed by atoms with Crippen LogP contribution in [0.5, 0.6) is 0 Å². The van der Waals surface area contributed by atoms with Gasteiger partial charge in [0.25, 0.3) is 0 Å². The molecule has 1 saturated carbocycles. The van der Waals surface area contributed by atoms with Gasteiger partial charge in [0.05, 0.1) is 18.2 Å². The van der Waals surface area contributed by atoms with Gasteiger partial charge in [-0.1, -0.05) is 12.5 Å². The van der Waals surface area contributed by atoms with Crippen LogP contribution < -0.4 is 11.1 Å². The van der Waals surface area contributed by atoms with E-state index in [2.05, 4.69) is 11.4 Å². The zero-order valence-corrected chi connectivity index (χ0v) is 10.9. The molecular weight excluding hydrogens is 250 g/mol. The van der Waals surface area contributed by atoms with Crippen LogP contribution in [-0.4, -0.2) is 17.8 Å². The van der Waals surface area contributed by atoms with Gasteiger partial charge in [0.15, 0.2) is 0 Å². The Morgan fingerprint density at radius 1 is 1.50 bits per heavy atom. The first-order valence-corrected chi connectivity index (χ1v) is 5.91. The highest BCUT2D eigenvalue weighted by atomic mass is 35.5. The summed E-state index contributed by atoms with van der Waals surface area (Å²) in [5.74, 6) is 0. The number of nitrogens with one attached hydrogen (secondary N) is 1. The van der Waals surface area contributed by atoms with Crippen LogP contribution >= 0.6 is 12.4 Å². The van der Waals surface area contributed by atoms with E-state index in [1.807, 2.05) is 6.07 Å². The molecule has 0 spiro atoms. The largest absolute Gasteiger partial charge is 0.398 e. The van der Waals surface area contributed by atoms with Gasteiger partial charge in [-0.25, -0.2) is 0 Å². The number of nitrogen functional groups attached to an aromatic ring is 1. The molecule has 0 aromatic heterocycles. The first-order chi connectivity index (χ1) is 8.24. The van der Waals surface area contributed by atoms with Crippen molar-refractivity contribution in [1.29, 1.82) is 5.26 Å². The van der Waals surface area contributed by atoms with E-state index >= 15 is 0 Å². The molecule has 0 aliphatic heterocycles. The van der Waals surface area contributed by atoms with Crippen LogP contribution in [-0.2, 0) is 0 Å². The molecule has 1 unspecified atom stereocenters. The van der Waals surface area contributed by atoms with Crippen LogP contribution in [0.2, 0.25) is 0 Å². The first-order valence-electron chi connectivity index (χ1n) is 5.91. The Labute approximate surface area is 113 Å². The van der Waals surface area contributed by atoms with Crippen molar-refractivity contribution < 1.29 is 5.11 Å². The Kier molecular flexibility index (Phi) is 5.42. The number of rotatable bonds is 4. The zero-order chi connectivity index (χ0) is 12.3. The highest BCUT2D eigenvalue weighted by molar-refractivity contribution is 5.85. The van der Waals surface area contributed by atoms with E-state index in [1.165, 1.54) is 6.42 Å². The van der Waals surface area contributed by atoms with E-state index in [4.69, 9.17) is 11.0 Å². The lowest BCUT2D eigenvalue weighted by atomic mass is 9.91. The molecule has 0 radical (unpaired) electrons. The maximum Gasteiger partial charge on any atom is 0.101 e. The van der Waals surface area contributed by atoms with Crippen LogP contribution in [0, 0.1) is 11.3 Å². The molecule has 1 aromatic rings. The number of hydrogen-bond donors (Lipinski definition) is 3. The smallest absolute Gasteiger partial charge is 0.101 e. The molecule has 1 aliphatic carbocycles. The molecule has 2 rings (SSSR count). The maximum absolute atomic E-state index is 9.40. The van der Waals surface area contributed by atoms with Gasteiger partial charge in [0, 0.05) is 11.7 Å².